The van der Waals surface area contributed by atoms with Crippen LogP contribution in [-0.2, 0) is 11.3 Å². The van der Waals surface area contributed by atoms with Crippen LogP contribution in [0.5, 0.6) is 5.88 Å². The monoisotopic (exact) mass is 326 g/mol. The van der Waals surface area contributed by atoms with Crippen molar-refractivity contribution in [3.05, 3.63) is 23.3 Å². The highest BCUT2D eigenvalue weighted by Crippen LogP contribution is 2.31. The van der Waals surface area contributed by atoms with Crippen LogP contribution in [-0.4, -0.2) is 41.5 Å². The molecule has 1 unspecified atom stereocenters. The summed E-state index contributed by atoms with van der Waals surface area (Å²) in [5.41, 5.74) is -2.99. The Labute approximate surface area is 124 Å². The molecule has 1 aromatic rings. The Balaban J connectivity index is 2.61. The van der Waals surface area contributed by atoms with Gasteiger partial charge in [0.1, 0.15) is 0 Å². The second-order valence-electron chi connectivity index (χ2n) is 4.12. The molecule has 0 saturated heterocycles. The standard InChI is InChI=1S/C12H17F3N2O3S/c1-3-20-5-4-11(18,12(13,14)15)8-16-7-9-6-10(19-2)17-21-9/h4-6,16,18H,3,7-8H2,1-2H3. The first kappa shape index (κ1) is 17.7. The van der Waals surface area contributed by atoms with Crippen LogP contribution in [0.1, 0.15) is 11.8 Å². The smallest absolute Gasteiger partial charge is 0.422 e. The molecule has 0 aliphatic heterocycles. The summed E-state index contributed by atoms with van der Waals surface area (Å²) >= 11 is 1.11. The number of halogens is 3. The molecule has 1 atom stereocenters. The second-order valence-corrected chi connectivity index (χ2v) is 5.01. The Kier molecular flexibility index (Phi) is 6.43. The molecule has 1 rings (SSSR count). The van der Waals surface area contributed by atoms with Crippen LogP contribution < -0.4 is 10.1 Å². The number of aromatic nitrogens is 1. The van der Waals surface area contributed by atoms with Crippen LogP contribution in [0, 0.1) is 0 Å². The number of nitrogens with one attached hydrogen (secondary N) is 1. The number of hydrogen-bond donors (Lipinski definition) is 2. The van der Waals surface area contributed by atoms with E-state index in [0.29, 0.717) is 16.8 Å². The summed E-state index contributed by atoms with van der Waals surface area (Å²) in [6.45, 7) is 1.30. The van der Waals surface area contributed by atoms with Gasteiger partial charge in [0.2, 0.25) is 5.88 Å². The summed E-state index contributed by atoms with van der Waals surface area (Å²) in [5.74, 6) is 0.402. The van der Waals surface area contributed by atoms with Gasteiger partial charge in [0.25, 0.3) is 0 Å². The minimum absolute atomic E-state index is 0.141. The van der Waals surface area contributed by atoms with Gasteiger partial charge in [-0.15, -0.1) is 0 Å². The van der Waals surface area contributed by atoms with Gasteiger partial charge >= 0.3 is 6.18 Å². The third-order valence-electron chi connectivity index (χ3n) is 2.54. The van der Waals surface area contributed by atoms with E-state index in [2.05, 4.69) is 9.69 Å². The van der Waals surface area contributed by atoms with E-state index >= 15 is 0 Å². The summed E-state index contributed by atoms with van der Waals surface area (Å²) in [6, 6.07) is 1.61. The molecule has 1 aromatic heterocycles. The zero-order valence-electron chi connectivity index (χ0n) is 11.6. The highest BCUT2D eigenvalue weighted by molar-refractivity contribution is 7.05. The number of ether oxygens (including phenoxy) is 2. The Morgan fingerprint density at radius 3 is 2.71 bits per heavy atom. The molecule has 9 heteroatoms. The molecule has 0 radical (unpaired) electrons. The van der Waals surface area contributed by atoms with Gasteiger partial charge in [0.15, 0.2) is 5.60 Å². The van der Waals surface area contributed by atoms with Gasteiger partial charge in [0.05, 0.1) is 20.0 Å². The van der Waals surface area contributed by atoms with Gasteiger partial charge in [-0.25, -0.2) is 0 Å². The number of rotatable bonds is 8. The summed E-state index contributed by atoms with van der Waals surface area (Å²) in [5, 5.41) is 12.3. The Morgan fingerprint density at radius 2 is 2.19 bits per heavy atom. The molecular formula is C12H17F3N2O3S. The third-order valence-corrected chi connectivity index (χ3v) is 3.31. The number of alkyl halides is 3. The topological polar surface area (TPSA) is 63.6 Å². The van der Waals surface area contributed by atoms with Gasteiger partial charge in [-0.3, -0.25) is 0 Å². The van der Waals surface area contributed by atoms with E-state index in [0.717, 1.165) is 17.8 Å². The van der Waals surface area contributed by atoms with E-state index in [4.69, 9.17) is 9.47 Å². The Hall–Kier alpha value is -1.32. The highest BCUT2D eigenvalue weighted by atomic mass is 32.1. The maximum atomic E-state index is 12.9. The van der Waals surface area contributed by atoms with Gasteiger partial charge in [0, 0.05) is 24.0 Å². The van der Waals surface area contributed by atoms with Gasteiger partial charge < -0.3 is 19.9 Å². The first-order valence-electron chi connectivity index (χ1n) is 6.11. The number of hydrogen-bond acceptors (Lipinski definition) is 6. The van der Waals surface area contributed by atoms with Crippen LogP contribution in [0.3, 0.4) is 0 Å². The van der Waals surface area contributed by atoms with Crippen molar-refractivity contribution in [2.45, 2.75) is 25.2 Å². The van der Waals surface area contributed by atoms with Crippen LogP contribution in [0.15, 0.2) is 18.4 Å². The second kappa shape index (κ2) is 7.62. The minimum Gasteiger partial charge on any atom is -0.502 e. The molecule has 1 heterocycles. The zero-order chi connectivity index (χ0) is 15.9. The van der Waals surface area contributed by atoms with Gasteiger partial charge in [-0.05, 0) is 24.5 Å². The molecule has 5 nitrogen and oxygen atoms in total. The number of methoxy groups -OCH3 is 1. The van der Waals surface area contributed by atoms with Crippen molar-refractivity contribution in [3.8, 4) is 5.88 Å². The van der Waals surface area contributed by atoms with Crippen molar-refractivity contribution in [1.82, 2.24) is 9.69 Å². The molecule has 0 fully saturated rings. The molecular weight excluding hydrogens is 309 g/mol. The van der Waals surface area contributed by atoms with E-state index in [9.17, 15) is 18.3 Å². The lowest BCUT2D eigenvalue weighted by molar-refractivity contribution is -0.238. The van der Waals surface area contributed by atoms with E-state index in [1.54, 1.807) is 13.0 Å². The lowest BCUT2D eigenvalue weighted by Crippen LogP contribution is -2.50. The molecule has 120 valence electrons. The maximum absolute atomic E-state index is 12.9. The van der Waals surface area contributed by atoms with E-state index < -0.39 is 18.3 Å². The number of nitrogens with zero attached hydrogens (tertiary/aromatic N) is 1. The quantitative estimate of drug-likeness (QED) is 0.716. The van der Waals surface area contributed by atoms with Crippen LogP contribution in [0.25, 0.3) is 0 Å². The van der Waals surface area contributed by atoms with E-state index in [1.165, 1.54) is 7.11 Å². The highest BCUT2D eigenvalue weighted by Gasteiger charge is 2.51. The van der Waals surface area contributed by atoms with Crippen LogP contribution in [0.2, 0.25) is 0 Å². The van der Waals surface area contributed by atoms with Gasteiger partial charge in [-0.2, -0.15) is 17.5 Å². The van der Waals surface area contributed by atoms with Crippen LogP contribution in [0.4, 0.5) is 13.2 Å². The summed E-state index contributed by atoms with van der Waals surface area (Å²) in [7, 11) is 1.45. The lowest BCUT2D eigenvalue weighted by atomic mass is 10.0. The minimum atomic E-state index is -4.81. The van der Waals surface area contributed by atoms with Crippen molar-refractivity contribution >= 4 is 11.5 Å². The fraction of sp³-hybridized carbons (Fsp3) is 0.583. The first-order valence-corrected chi connectivity index (χ1v) is 6.88. The summed E-state index contributed by atoms with van der Waals surface area (Å²) in [6.07, 6.45) is -3.36. The maximum Gasteiger partial charge on any atom is 0.422 e. The molecule has 0 spiro atoms. The Bertz CT molecular complexity index is 465. The van der Waals surface area contributed by atoms with Gasteiger partial charge in [-0.1, -0.05) is 0 Å². The average Bonchev–Trinajstić information content (AvgIpc) is 2.86. The molecule has 21 heavy (non-hydrogen) atoms. The fourth-order valence-corrected chi connectivity index (χ4v) is 2.01. The van der Waals surface area contributed by atoms with Crippen molar-refractivity contribution < 1.29 is 27.8 Å². The molecule has 0 saturated carbocycles. The molecule has 0 bridgehead atoms. The zero-order valence-corrected chi connectivity index (χ0v) is 12.4. The SMILES string of the molecule is CCOC=CC(O)(CNCc1cc(OC)ns1)C(F)(F)F. The predicted molar refractivity (Wildman–Crippen MR) is 72.1 cm³/mol. The predicted octanol–water partition coefficient (Wildman–Crippen LogP) is 2.08. The number of aliphatic hydroxyl groups is 1. The van der Waals surface area contributed by atoms with E-state index in [1.807, 2.05) is 0 Å². The van der Waals surface area contributed by atoms with Crippen molar-refractivity contribution in [2.24, 2.45) is 0 Å². The van der Waals surface area contributed by atoms with Crippen LogP contribution >= 0.6 is 11.5 Å². The summed E-state index contributed by atoms with van der Waals surface area (Å²) in [4.78, 5) is 0.699. The normalized spacial score (nSPS) is 15.1. The average molecular weight is 326 g/mol. The van der Waals surface area contributed by atoms with Crippen molar-refractivity contribution in [3.63, 3.8) is 0 Å². The van der Waals surface area contributed by atoms with E-state index in [-0.39, 0.29) is 13.2 Å². The molecule has 0 amide bonds. The van der Waals surface area contributed by atoms with Crippen molar-refractivity contribution in [2.75, 3.05) is 20.3 Å². The summed E-state index contributed by atoms with van der Waals surface area (Å²) < 4.78 is 52.2. The molecule has 0 aliphatic rings. The fourth-order valence-electron chi connectivity index (χ4n) is 1.36. The Morgan fingerprint density at radius 1 is 1.48 bits per heavy atom. The largest absolute Gasteiger partial charge is 0.502 e. The molecule has 0 aromatic carbocycles. The van der Waals surface area contributed by atoms with Crippen molar-refractivity contribution in [1.29, 1.82) is 0 Å². The molecule has 2 N–H and O–H groups in total. The third kappa shape index (κ3) is 5.18. The first-order chi connectivity index (χ1) is 9.82. The lowest BCUT2D eigenvalue weighted by Gasteiger charge is -2.27. The molecule has 0 aliphatic carbocycles.